The second kappa shape index (κ2) is 54.4. The van der Waals surface area contributed by atoms with Crippen LogP contribution < -0.4 is 5.73 Å². The normalized spacial score (nSPS) is 14.6. The van der Waals surface area contributed by atoms with Crippen molar-refractivity contribution in [2.75, 3.05) is 26.4 Å². The second-order valence-electron chi connectivity index (χ2n) is 16.3. The smallest absolute Gasteiger partial charge is 0.462 e. The number of unbranched alkanes of at least 4 members (excludes halogenated alkanes) is 3. The summed E-state index contributed by atoms with van der Waals surface area (Å²) in [7, 11) is -4.43. The van der Waals surface area contributed by atoms with Crippen LogP contribution in [0.2, 0.25) is 0 Å². The van der Waals surface area contributed by atoms with Gasteiger partial charge in [0.15, 0.2) is 6.10 Å². The van der Waals surface area contributed by atoms with Crippen molar-refractivity contribution in [3.05, 3.63) is 182 Å². The van der Waals surface area contributed by atoms with Crippen LogP contribution in [-0.2, 0) is 32.7 Å². The zero-order chi connectivity index (χ0) is 51.7. The van der Waals surface area contributed by atoms with E-state index < -0.39 is 32.5 Å². The van der Waals surface area contributed by atoms with Gasteiger partial charge in [0.05, 0.1) is 13.2 Å². The van der Waals surface area contributed by atoms with Crippen LogP contribution in [0.3, 0.4) is 0 Å². The van der Waals surface area contributed by atoms with E-state index in [1.165, 1.54) is 0 Å². The fourth-order valence-corrected chi connectivity index (χ4v) is 6.76. The Hall–Kier alpha value is -4.89. The first kappa shape index (κ1) is 66.1. The standard InChI is InChI=1S/C61H92NO8P/c1-3-5-7-9-11-13-15-17-19-21-23-25-27-28-29-30-32-34-36-38-40-42-44-46-48-50-52-54-61(64)70-59(58-69-71(65,66)68-56-55-62)57-67-60(63)53-51-49-47-45-43-41-39-37-35-33-31-26-24-22-20-18-16-14-12-10-8-6-4-2/h5-8,11-14,17-20,23-26,28-29,32-35,38-41,44-47,59H,3-4,9-10,15-16,21-22,27,30-31,36-37,42-43,48-58,62H2,1-2H3,(H,65,66)/b7-5-,8-6-,13-11-,14-12-,19-17-,20-18-,25-23-,26-24-,29-28-,34-32-,35-33-,40-38-,41-39-,46-44-,47-45-. The Morgan fingerprint density at radius 2 is 0.732 bits per heavy atom. The summed E-state index contributed by atoms with van der Waals surface area (Å²) in [5, 5.41) is 0. The van der Waals surface area contributed by atoms with Crippen molar-refractivity contribution in [3.8, 4) is 0 Å². The SMILES string of the molecule is CC/C=C\C/C=C\C/C=C\C/C=C\C/C=C\C/C=C\C/C=C\C/C=C\CCCCC(=O)OC(COC(=O)CCC/C=C\C/C=C\C/C=C\C/C=C\C/C=C\C/C=C\C/C=C\CC)COP(=O)(O)OCCN. The van der Waals surface area contributed by atoms with Crippen LogP contribution in [-0.4, -0.2) is 49.3 Å². The van der Waals surface area contributed by atoms with Crippen molar-refractivity contribution in [1.29, 1.82) is 0 Å². The number of phosphoric acid groups is 1. The first-order valence-electron chi connectivity index (χ1n) is 26.3. The summed E-state index contributed by atoms with van der Waals surface area (Å²) in [6, 6.07) is 0. The van der Waals surface area contributed by atoms with Crippen molar-refractivity contribution >= 4 is 19.8 Å². The number of carbonyl (C=O) groups is 2. The van der Waals surface area contributed by atoms with E-state index >= 15 is 0 Å². The van der Waals surface area contributed by atoms with E-state index in [1.807, 2.05) is 6.08 Å². The first-order valence-corrected chi connectivity index (χ1v) is 27.8. The number of esters is 2. The molecule has 0 aliphatic rings. The van der Waals surface area contributed by atoms with Gasteiger partial charge in [0, 0.05) is 19.4 Å². The highest BCUT2D eigenvalue weighted by atomic mass is 31.2. The molecule has 0 aromatic carbocycles. The van der Waals surface area contributed by atoms with Crippen LogP contribution in [0.25, 0.3) is 0 Å². The number of hydrogen-bond acceptors (Lipinski definition) is 8. The number of nitrogens with two attached hydrogens (primary N) is 1. The van der Waals surface area contributed by atoms with Gasteiger partial charge in [0.1, 0.15) is 6.61 Å². The molecule has 0 spiro atoms. The molecule has 0 amide bonds. The largest absolute Gasteiger partial charge is 0.472 e. The summed E-state index contributed by atoms with van der Waals surface area (Å²) in [6.07, 6.45) is 82.3. The average molecular weight is 998 g/mol. The predicted octanol–water partition coefficient (Wildman–Crippen LogP) is 16.5. The second-order valence-corrected chi connectivity index (χ2v) is 17.7. The van der Waals surface area contributed by atoms with Crippen molar-refractivity contribution in [3.63, 3.8) is 0 Å². The minimum absolute atomic E-state index is 0.0264. The summed E-state index contributed by atoms with van der Waals surface area (Å²) in [5.74, 6) is -0.970. The van der Waals surface area contributed by atoms with Crippen LogP contribution >= 0.6 is 7.82 Å². The molecule has 0 aromatic heterocycles. The summed E-state index contributed by atoms with van der Waals surface area (Å²) in [5.41, 5.74) is 5.36. The molecule has 0 aliphatic carbocycles. The third-order valence-corrected chi connectivity index (χ3v) is 10.8. The van der Waals surface area contributed by atoms with E-state index in [0.717, 1.165) is 109 Å². The van der Waals surface area contributed by atoms with Gasteiger partial charge in [-0.3, -0.25) is 18.6 Å². The Morgan fingerprint density at radius 1 is 0.423 bits per heavy atom. The summed E-state index contributed by atoms with van der Waals surface area (Å²) >= 11 is 0. The first-order chi connectivity index (χ1) is 34.8. The lowest BCUT2D eigenvalue weighted by atomic mass is 10.2. The number of hydrogen-bond donors (Lipinski definition) is 2. The topological polar surface area (TPSA) is 134 Å². The average Bonchev–Trinajstić information content (AvgIpc) is 3.36. The molecule has 0 aliphatic heterocycles. The maximum absolute atomic E-state index is 12.7. The summed E-state index contributed by atoms with van der Waals surface area (Å²) < 4.78 is 32.8. The Labute approximate surface area is 431 Å². The molecule has 0 heterocycles. The molecule has 2 unspecified atom stereocenters. The van der Waals surface area contributed by atoms with Crippen LogP contribution in [0.4, 0.5) is 0 Å². The lowest BCUT2D eigenvalue weighted by Gasteiger charge is -2.19. The summed E-state index contributed by atoms with van der Waals surface area (Å²) in [6.45, 7) is 3.35. The molecule has 0 radical (unpaired) electrons. The van der Waals surface area contributed by atoms with Crippen LogP contribution in [0.1, 0.15) is 155 Å². The number of carbonyl (C=O) groups excluding carboxylic acids is 2. The zero-order valence-corrected chi connectivity index (χ0v) is 44.5. The zero-order valence-electron chi connectivity index (χ0n) is 43.6. The Bertz CT molecular complexity index is 1800. The van der Waals surface area contributed by atoms with Gasteiger partial charge >= 0.3 is 19.8 Å². The van der Waals surface area contributed by atoms with E-state index in [0.29, 0.717) is 19.3 Å². The minimum Gasteiger partial charge on any atom is -0.462 e. The van der Waals surface area contributed by atoms with Crippen molar-refractivity contribution < 1.29 is 37.6 Å². The van der Waals surface area contributed by atoms with Gasteiger partial charge in [-0.2, -0.15) is 0 Å². The lowest BCUT2D eigenvalue weighted by Crippen LogP contribution is -2.29. The molecule has 394 valence electrons. The number of ether oxygens (including phenoxy) is 2. The quantitative estimate of drug-likeness (QED) is 0.0264. The van der Waals surface area contributed by atoms with Crippen molar-refractivity contribution in [1.82, 2.24) is 0 Å². The molecular formula is C61H92NO8P. The molecule has 0 bridgehead atoms. The Kier molecular flexibility index (Phi) is 50.7. The maximum atomic E-state index is 12.7. The fourth-order valence-electron chi connectivity index (χ4n) is 5.99. The van der Waals surface area contributed by atoms with E-state index in [-0.39, 0.29) is 32.6 Å². The monoisotopic (exact) mass is 998 g/mol. The van der Waals surface area contributed by atoms with Gasteiger partial charge in [-0.25, -0.2) is 4.57 Å². The molecule has 0 aromatic rings. The maximum Gasteiger partial charge on any atom is 0.472 e. The summed E-state index contributed by atoms with van der Waals surface area (Å²) in [4.78, 5) is 35.1. The molecule has 71 heavy (non-hydrogen) atoms. The molecule has 0 fully saturated rings. The molecular weight excluding hydrogens is 906 g/mol. The van der Waals surface area contributed by atoms with Gasteiger partial charge in [-0.1, -0.05) is 196 Å². The molecule has 10 heteroatoms. The molecule has 3 N–H and O–H groups in total. The Balaban J connectivity index is 4.30. The van der Waals surface area contributed by atoms with Gasteiger partial charge in [-0.05, 0) is 128 Å². The van der Waals surface area contributed by atoms with Crippen LogP contribution in [0.5, 0.6) is 0 Å². The molecule has 2 atom stereocenters. The van der Waals surface area contributed by atoms with Crippen LogP contribution in [0, 0.1) is 0 Å². The van der Waals surface area contributed by atoms with E-state index in [2.05, 4.69) is 190 Å². The fraction of sp³-hybridized carbons (Fsp3) is 0.475. The van der Waals surface area contributed by atoms with Gasteiger partial charge in [0.25, 0.3) is 0 Å². The molecule has 0 saturated carbocycles. The van der Waals surface area contributed by atoms with Gasteiger partial charge in [0.2, 0.25) is 0 Å². The highest BCUT2D eigenvalue weighted by Gasteiger charge is 2.26. The van der Waals surface area contributed by atoms with Gasteiger partial charge in [-0.15, -0.1) is 0 Å². The number of phosphoric ester groups is 1. The Morgan fingerprint density at radius 3 is 1.07 bits per heavy atom. The third-order valence-electron chi connectivity index (χ3n) is 9.79. The number of rotatable bonds is 46. The van der Waals surface area contributed by atoms with Gasteiger partial charge < -0.3 is 20.1 Å². The van der Waals surface area contributed by atoms with E-state index in [9.17, 15) is 19.0 Å². The molecule has 0 saturated heterocycles. The molecule has 9 nitrogen and oxygen atoms in total. The predicted molar refractivity (Wildman–Crippen MR) is 302 cm³/mol. The van der Waals surface area contributed by atoms with E-state index in [1.54, 1.807) is 0 Å². The minimum atomic E-state index is -4.43. The van der Waals surface area contributed by atoms with Crippen molar-refractivity contribution in [2.45, 2.75) is 161 Å². The highest BCUT2D eigenvalue weighted by Crippen LogP contribution is 2.43. The number of allylic oxidation sites excluding steroid dienone is 30. The van der Waals surface area contributed by atoms with E-state index in [4.69, 9.17) is 24.3 Å². The highest BCUT2D eigenvalue weighted by molar-refractivity contribution is 7.47. The lowest BCUT2D eigenvalue weighted by molar-refractivity contribution is -0.161. The van der Waals surface area contributed by atoms with Crippen molar-refractivity contribution in [2.24, 2.45) is 5.73 Å². The molecule has 0 rings (SSSR count). The van der Waals surface area contributed by atoms with Crippen LogP contribution in [0.15, 0.2) is 182 Å². The third kappa shape index (κ3) is 54.3.